The van der Waals surface area contributed by atoms with E-state index in [2.05, 4.69) is 10.3 Å². The average molecular weight is 378 g/mol. The molecule has 0 fully saturated rings. The summed E-state index contributed by atoms with van der Waals surface area (Å²) in [4.78, 5) is 32.0. The molecule has 0 saturated heterocycles. The molecule has 0 aliphatic carbocycles. The molecule has 3 aromatic rings. The summed E-state index contributed by atoms with van der Waals surface area (Å²) >= 11 is 0. The Morgan fingerprint density at radius 1 is 1.18 bits per heavy atom. The second-order valence-electron chi connectivity index (χ2n) is 6.84. The van der Waals surface area contributed by atoms with Gasteiger partial charge in [0.05, 0.1) is 30.6 Å². The highest BCUT2D eigenvalue weighted by molar-refractivity contribution is 6.05. The van der Waals surface area contributed by atoms with Crippen LogP contribution in [0.4, 0.5) is 11.6 Å². The Morgan fingerprint density at radius 3 is 2.71 bits per heavy atom. The highest BCUT2D eigenvalue weighted by Gasteiger charge is 2.40. The van der Waals surface area contributed by atoms with Crippen LogP contribution in [0.15, 0.2) is 48.5 Å². The Kier molecular flexibility index (Phi) is 4.83. The Morgan fingerprint density at radius 2 is 1.93 bits per heavy atom. The van der Waals surface area contributed by atoms with Crippen molar-refractivity contribution in [2.45, 2.75) is 19.4 Å². The van der Waals surface area contributed by atoms with Crippen LogP contribution in [-0.2, 0) is 14.3 Å². The third kappa shape index (κ3) is 3.14. The highest BCUT2D eigenvalue weighted by atomic mass is 16.5. The van der Waals surface area contributed by atoms with Gasteiger partial charge in [-0.15, -0.1) is 0 Å². The standard InChI is InChI=1S/C21H22N4O3/c1-14-7-3-4-8-15(14)22-19(26)13-18-20(27)24(11-12-28-2)21-23-16-9-5-6-10-17(16)25(18)21/h3-10,18H,11-13H2,1-2H3,(H,22,26)/t18-/m0/s1. The van der Waals surface area contributed by atoms with E-state index in [-0.39, 0.29) is 18.2 Å². The summed E-state index contributed by atoms with van der Waals surface area (Å²) in [6, 6.07) is 14.6. The van der Waals surface area contributed by atoms with Crippen LogP contribution in [-0.4, -0.2) is 41.6 Å². The molecule has 0 unspecified atom stereocenters. The third-order valence-corrected chi connectivity index (χ3v) is 5.00. The Labute approximate surface area is 162 Å². The number of aryl methyl sites for hydroxylation is 1. The zero-order valence-corrected chi connectivity index (χ0v) is 15.9. The van der Waals surface area contributed by atoms with E-state index in [9.17, 15) is 9.59 Å². The number of hydrogen-bond acceptors (Lipinski definition) is 4. The number of nitrogens with zero attached hydrogens (tertiary/aromatic N) is 3. The topological polar surface area (TPSA) is 76.5 Å². The van der Waals surface area contributed by atoms with Crippen LogP contribution < -0.4 is 10.2 Å². The molecule has 7 nitrogen and oxygen atoms in total. The quantitative estimate of drug-likeness (QED) is 0.716. The maximum atomic E-state index is 13.1. The number of carbonyl (C=O) groups is 2. The Balaban J connectivity index is 1.64. The van der Waals surface area contributed by atoms with Crippen LogP contribution in [0.1, 0.15) is 18.0 Å². The lowest BCUT2D eigenvalue weighted by molar-refractivity contribution is -0.124. The monoisotopic (exact) mass is 378 g/mol. The molecule has 144 valence electrons. The summed E-state index contributed by atoms with van der Waals surface area (Å²) in [5.41, 5.74) is 3.38. The van der Waals surface area contributed by atoms with Crippen molar-refractivity contribution >= 4 is 34.5 Å². The van der Waals surface area contributed by atoms with E-state index in [1.54, 1.807) is 12.0 Å². The first kappa shape index (κ1) is 18.2. The molecule has 0 radical (unpaired) electrons. The number of fused-ring (bicyclic) bond motifs is 3. The number of ether oxygens (including phenoxy) is 1. The number of para-hydroxylation sites is 3. The van der Waals surface area contributed by atoms with E-state index in [1.807, 2.05) is 60.0 Å². The highest BCUT2D eigenvalue weighted by Crippen LogP contribution is 2.36. The molecule has 0 bridgehead atoms. The molecule has 0 spiro atoms. The van der Waals surface area contributed by atoms with Gasteiger partial charge in [-0.25, -0.2) is 4.98 Å². The van der Waals surface area contributed by atoms with Gasteiger partial charge in [0.2, 0.25) is 11.9 Å². The number of amides is 2. The van der Waals surface area contributed by atoms with E-state index in [4.69, 9.17) is 4.74 Å². The SMILES string of the molecule is COCCN1C(=O)[C@H](CC(=O)Nc2ccccc2C)n2c1nc1ccccc12. The van der Waals surface area contributed by atoms with Crippen LogP contribution in [0.2, 0.25) is 0 Å². The minimum Gasteiger partial charge on any atom is -0.383 e. The zero-order chi connectivity index (χ0) is 19.7. The summed E-state index contributed by atoms with van der Waals surface area (Å²) in [5, 5.41) is 2.92. The van der Waals surface area contributed by atoms with Crippen molar-refractivity contribution < 1.29 is 14.3 Å². The molecule has 1 aromatic heterocycles. The van der Waals surface area contributed by atoms with Gasteiger partial charge in [0.15, 0.2) is 0 Å². The van der Waals surface area contributed by atoms with E-state index < -0.39 is 6.04 Å². The fourth-order valence-corrected chi connectivity index (χ4v) is 3.58. The number of nitrogens with one attached hydrogen (secondary N) is 1. The number of carbonyl (C=O) groups excluding carboxylic acids is 2. The molecule has 1 aliphatic rings. The Hall–Kier alpha value is -3.19. The first-order valence-corrected chi connectivity index (χ1v) is 9.23. The van der Waals surface area contributed by atoms with Gasteiger partial charge in [-0.3, -0.25) is 19.1 Å². The lowest BCUT2D eigenvalue weighted by atomic mass is 10.1. The van der Waals surface area contributed by atoms with E-state index in [1.165, 1.54) is 0 Å². The second-order valence-corrected chi connectivity index (χ2v) is 6.84. The number of hydrogen-bond donors (Lipinski definition) is 1. The van der Waals surface area contributed by atoms with Crippen molar-refractivity contribution in [3.8, 4) is 0 Å². The predicted molar refractivity (Wildman–Crippen MR) is 107 cm³/mol. The smallest absolute Gasteiger partial charge is 0.253 e. The summed E-state index contributed by atoms with van der Waals surface area (Å²) in [5.74, 6) is 0.229. The van der Waals surface area contributed by atoms with Crippen LogP contribution in [0.25, 0.3) is 11.0 Å². The third-order valence-electron chi connectivity index (χ3n) is 5.00. The maximum absolute atomic E-state index is 13.1. The van der Waals surface area contributed by atoms with Crippen molar-refractivity contribution in [3.63, 3.8) is 0 Å². The first-order chi connectivity index (χ1) is 13.6. The fourth-order valence-electron chi connectivity index (χ4n) is 3.58. The summed E-state index contributed by atoms with van der Waals surface area (Å²) < 4.78 is 7.01. The lowest BCUT2D eigenvalue weighted by Crippen LogP contribution is -2.33. The normalized spacial score (nSPS) is 15.9. The molecule has 28 heavy (non-hydrogen) atoms. The molecule has 1 N–H and O–H groups in total. The van der Waals surface area contributed by atoms with Crippen molar-refractivity contribution in [3.05, 3.63) is 54.1 Å². The van der Waals surface area contributed by atoms with Crippen LogP contribution >= 0.6 is 0 Å². The molecule has 2 aromatic carbocycles. The number of imidazole rings is 1. The van der Waals surface area contributed by atoms with Crippen molar-refractivity contribution in [2.75, 3.05) is 30.5 Å². The summed E-state index contributed by atoms with van der Waals surface area (Å²) in [6.07, 6.45) is 0.0456. The number of aromatic nitrogens is 2. The van der Waals surface area contributed by atoms with Crippen molar-refractivity contribution in [1.82, 2.24) is 9.55 Å². The maximum Gasteiger partial charge on any atom is 0.253 e. The molecule has 1 aliphatic heterocycles. The summed E-state index contributed by atoms with van der Waals surface area (Å²) in [6.45, 7) is 2.73. The molecule has 0 saturated carbocycles. The number of rotatable bonds is 6. The van der Waals surface area contributed by atoms with Gasteiger partial charge in [-0.1, -0.05) is 30.3 Å². The van der Waals surface area contributed by atoms with Gasteiger partial charge < -0.3 is 10.1 Å². The van der Waals surface area contributed by atoms with E-state index in [0.29, 0.717) is 19.1 Å². The van der Waals surface area contributed by atoms with Crippen molar-refractivity contribution in [1.29, 1.82) is 0 Å². The lowest BCUT2D eigenvalue weighted by Gasteiger charge is -2.15. The predicted octanol–water partition coefficient (Wildman–Crippen LogP) is 2.91. The van der Waals surface area contributed by atoms with Gasteiger partial charge >= 0.3 is 0 Å². The van der Waals surface area contributed by atoms with Gasteiger partial charge in [0.25, 0.3) is 5.91 Å². The molecule has 2 heterocycles. The molecule has 7 heteroatoms. The average Bonchev–Trinajstić information content (AvgIpc) is 3.17. The van der Waals surface area contributed by atoms with Gasteiger partial charge in [-0.2, -0.15) is 0 Å². The number of benzene rings is 2. The van der Waals surface area contributed by atoms with Gasteiger partial charge in [0, 0.05) is 12.8 Å². The second kappa shape index (κ2) is 7.44. The van der Waals surface area contributed by atoms with Gasteiger partial charge in [-0.05, 0) is 30.7 Å². The fraction of sp³-hybridized carbons (Fsp3) is 0.286. The van der Waals surface area contributed by atoms with E-state index in [0.717, 1.165) is 22.3 Å². The molecular weight excluding hydrogens is 356 g/mol. The minimum atomic E-state index is -0.622. The summed E-state index contributed by atoms with van der Waals surface area (Å²) in [7, 11) is 1.59. The van der Waals surface area contributed by atoms with Gasteiger partial charge in [0.1, 0.15) is 6.04 Å². The Bertz CT molecular complexity index is 1040. The zero-order valence-electron chi connectivity index (χ0n) is 15.9. The largest absolute Gasteiger partial charge is 0.383 e. The molecular formula is C21H22N4O3. The molecule has 4 rings (SSSR count). The van der Waals surface area contributed by atoms with Crippen LogP contribution in [0, 0.1) is 6.92 Å². The number of methoxy groups -OCH3 is 1. The minimum absolute atomic E-state index is 0.0456. The molecule has 2 amide bonds. The van der Waals surface area contributed by atoms with Crippen LogP contribution in [0.3, 0.4) is 0 Å². The van der Waals surface area contributed by atoms with Crippen molar-refractivity contribution in [2.24, 2.45) is 0 Å². The van der Waals surface area contributed by atoms with E-state index >= 15 is 0 Å². The molecule has 1 atom stereocenters. The number of anilines is 2. The first-order valence-electron chi connectivity index (χ1n) is 9.23. The van der Waals surface area contributed by atoms with Crippen LogP contribution in [0.5, 0.6) is 0 Å².